The second-order valence-corrected chi connectivity index (χ2v) is 9.69. The lowest BCUT2D eigenvalue weighted by Gasteiger charge is -2.12. The second kappa shape index (κ2) is 9.63. The molecule has 0 unspecified atom stereocenters. The number of hydrogen-bond acceptors (Lipinski definition) is 7. The largest absolute Gasteiger partial charge is 0.506 e. The molecule has 32 heavy (non-hydrogen) atoms. The van der Waals surface area contributed by atoms with Gasteiger partial charge in [-0.05, 0) is 48.7 Å². The van der Waals surface area contributed by atoms with Gasteiger partial charge in [-0.3, -0.25) is 0 Å². The highest BCUT2D eigenvalue weighted by Gasteiger charge is 2.16. The average molecular weight is 466 g/mol. The van der Waals surface area contributed by atoms with Crippen LogP contribution in [-0.2, 0) is 6.61 Å². The zero-order chi connectivity index (χ0) is 22.7. The normalized spacial score (nSPS) is 11.1. The predicted octanol–water partition coefficient (Wildman–Crippen LogP) is 6.63. The molecule has 0 saturated carbocycles. The Bertz CT molecular complexity index is 1280. The van der Waals surface area contributed by atoms with Crippen LogP contribution in [0.2, 0.25) is 0 Å². The van der Waals surface area contributed by atoms with E-state index in [2.05, 4.69) is 18.8 Å². The fourth-order valence-corrected chi connectivity index (χ4v) is 4.89. The first-order valence-electron chi connectivity index (χ1n) is 10.2. The van der Waals surface area contributed by atoms with Gasteiger partial charge in [0.05, 0.1) is 10.7 Å². The molecule has 164 valence electrons. The van der Waals surface area contributed by atoms with Gasteiger partial charge in [-0.15, -0.1) is 11.3 Å². The zero-order valence-electron chi connectivity index (χ0n) is 18.0. The summed E-state index contributed by atoms with van der Waals surface area (Å²) in [7, 11) is 0. The van der Waals surface area contributed by atoms with Gasteiger partial charge < -0.3 is 14.3 Å². The highest BCUT2D eigenvalue weighted by Crippen LogP contribution is 2.37. The van der Waals surface area contributed by atoms with E-state index >= 15 is 0 Å². The molecular weight excluding hydrogens is 442 g/mol. The van der Waals surface area contributed by atoms with E-state index in [0.717, 1.165) is 21.2 Å². The second-order valence-electron chi connectivity index (χ2n) is 7.58. The number of aromatic hydroxyl groups is 1. The van der Waals surface area contributed by atoms with Crippen LogP contribution in [0.5, 0.6) is 11.5 Å². The van der Waals surface area contributed by atoms with E-state index in [-0.39, 0.29) is 10.6 Å². The summed E-state index contributed by atoms with van der Waals surface area (Å²) in [6.07, 6.45) is 0. The Morgan fingerprint density at radius 2 is 1.91 bits per heavy atom. The van der Waals surface area contributed by atoms with Gasteiger partial charge in [-0.25, -0.2) is 9.78 Å². The molecule has 0 radical (unpaired) electrons. The molecule has 4 aromatic rings. The minimum atomic E-state index is -0.567. The topological polar surface area (TPSA) is 72.6 Å². The molecule has 0 saturated heterocycles. The van der Waals surface area contributed by atoms with E-state index in [0.29, 0.717) is 29.6 Å². The van der Waals surface area contributed by atoms with Crippen LogP contribution in [0.3, 0.4) is 0 Å². The molecule has 2 aromatic carbocycles. The maximum atomic E-state index is 12.7. The van der Waals surface area contributed by atoms with Gasteiger partial charge in [0.2, 0.25) is 0 Å². The standard InChI is InChI=1S/C25H23NO4S2/c1-15(2)20-6-4-5-7-23(20)32-24-21(27)12-22(30-25(24)28)17-8-10-19(11-9-17)29-13-18-14-31-16(3)26-18/h4-12,14-15,27H,13H2,1-3H3. The average Bonchev–Trinajstić information content (AvgIpc) is 3.20. The van der Waals surface area contributed by atoms with Crippen molar-refractivity contribution in [1.29, 1.82) is 0 Å². The Hall–Kier alpha value is -3.03. The molecular formula is C25H23NO4S2. The van der Waals surface area contributed by atoms with Crippen molar-refractivity contribution in [2.45, 2.75) is 43.1 Å². The van der Waals surface area contributed by atoms with Crippen LogP contribution in [0.15, 0.2) is 79.0 Å². The van der Waals surface area contributed by atoms with Gasteiger partial charge in [-0.1, -0.05) is 43.8 Å². The molecule has 0 aliphatic carbocycles. The Morgan fingerprint density at radius 1 is 1.16 bits per heavy atom. The zero-order valence-corrected chi connectivity index (χ0v) is 19.6. The lowest BCUT2D eigenvalue weighted by molar-refractivity contribution is 0.302. The number of aromatic nitrogens is 1. The number of ether oxygens (including phenoxy) is 1. The lowest BCUT2D eigenvalue weighted by atomic mass is 10.0. The number of nitrogens with zero attached hydrogens (tertiary/aromatic N) is 1. The van der Waals surface area contributed by atoms with E-state index in [1.807, 2.05) is 36.6 Å². The van der Waals surface area contributed by atoms with Crippen molar-refractivity contribution in [3.63, 3.8) is 0 Å². The Balaban J connectivity index is 1.52. The molecule has 2 heterocycles. The van der Waals surface area contributed by atoms with Crippen LogP contribution in [-0.4, -0.2) is 10.1 Å². The van der Waals surface area contributed by atoms with E-state index in [1.165, 1.54) is 17.8 Å². The number of thiazole rings is 1. The third-order valence-electron chi connectivity index (χ3n) is 4.83. The van der Waals surface area contributed by atoms with Crippen LogP contribution < -0.4 is 10.4 Å². The summed E-state index contributed by atoms with van der Waals surface area (Å²) in [4.78, 5) is 18.2. The van der Waals surface area contributed by atoms with E-state index < -0.39 is 5.63 Å². The third kappa shape index (κ3) is 5.06. The summed E-state index contributed by atoms with van der Waals surface area (Å²) in [6, 6.07) is 16.5. The van der Waals surface area contributed by atoms with E-state index in [1.54, 1.807) is 35.6 Å². The van der Waals surface area contributed by atoms with Crippen molar-refractivity contribution in [2.24, 2.45) is 0 Å². The quantitative estimate of drug-likeness (QED) is 0.330. The molecule has 0 aliphatic heterocycles. The van der Waals surface area contributed by atoms with Crippen molar-refractivity contribution in [2.75, 3.05) is 0 Å². The molecule has 1 N–H and O–H groups in total. The molecule has 0 spiro atoms. The van der Waals surface area contributed by atoms with Crippen LogP contribution >= 0.6 is 23.1 Å². The van der Waals surface area contributed by atoms with Crippen LogP contribution in [0.4, 0.5) is 0 Å². The minimum absolute atomic E-state index is 0.0981. The Kier molecular flexibility index (Phi) is 6.67. The molecule has 2 aromatic heterocycles. The summed E-state index contributed by atoms with van der Waals surface area (Å²) in [6.45, 7) is 6.54. The minimum Gasteiger partial charge on any atom is -0.506 e. The third-order valence-corrected chi connectivity index (χ3v) is 6.83. The van der Waals surface area contributed by atoms with Crippen molar-refractivity contribution in [1.82, 2.24) is 4.98 Å². The van der Waals surface area contributed by atoms with Crippen molar-refractivity contribution in [3.05, 3.63) is 86.7 Å². The summed E-state index contributed by atoms with van der Waals surface area (Å²) in [5.74, 6) is 1.19. The number of hydrogen-bond donors (Lipinski definition) is 1. The first kappa shape index (κ1) is 22.2. The number of benzene rings is 2. The molecule has 7 heteroatoms. The maximum absolute atomic E-state index is 12.7. The van der Waals surface area contributed by atoms with Gasteiger partial charge in [-0.2, -0.15) is 0 Å². The molecule has 5 nitrogen and oxygen atoms in total. The molecule has 0 amide bonds. The predicted molar refractivity (Wildman–Crippen MR) is 128 cm³/mol. The van der Waals surface area contributed by atoms with Crippen molar-refractivity contribution < 1.29 is 14.3 Å². The van der Waals surface area contributed by atoms with Crippen LogP contribution in [0.25, 0.3) is 11.3 Å². The van der Waals surface area contributed by atoms with Gasteiger partial charge >= 0.3 is 5.63 Å². The Labute approximate surface area is 194 Å². The summed E-state index contributed by atoms with van der Waals surface area (Å²) in [5, 5.41) is 13.6. The van der Waals surface area contributed by atoms with Crippen molar-refractivity contribution >= 4 is 23.1 Å². The SMILES string of the molecule is Cc1nc(COc2ccc(-c3cc(O)c(Sc4ccccc4C(C)C)c(=O)o3)cc2)cs1. The fraction of sp³-hybridized carbons (Fsp3) is 0.200. The lowest BCUT2D eigenvalue weighted by Crippen LogP contribution is -2.03. The van der Waals surface area contributed by atoms with Gasteiger partial charge in [0.1, 0.15) is 28.8 Å². The summed E-state index contributed by atoms with van der Waals surface area (Å²) in [5.41, 5.74) is 2.11. The first-order chi connectivity index (χ1) is 15.4. The highest BCUT2D eigenvalue weighted by atomic mass is 32.2. The molecule has 0 bridgehead atoms. The summed E-state index contributed by atoms with van der Waals surface area (Å²) < 4.78 is 11.3. The number of rotatable bonds is 7. The molecule has 4 rings (SSSR count). The monoisotopic (exact) mass is 465 g/mol. The first-order valence-corrected chi connectivity index (χ1v) is 11.9. The van der Waals surface area contributed by atoms with Gasteiger partial charge in [0.25, 0.3) is 0 Å². The Morgan fingerprint density at radius 3 is 2.56 bits per heavy atom. The fourth-order valence-electron chi connectivity index (χ4n) is 3.21. The van der Waals surface area contributed by atoms with Gasteiger partial charge in [0, 0.05) is 21.9 Å². The molecule has 0 aliphatic rings. The molecule has 0 fully saturated rings. The van der Waals surface area contributed by atoms with Crippen LogP contribution in [0, 0.1) is 6.92 Å². The molecule has 0 atom stereocenters. The maximum Gasteiger partial charge on any atom is 0.354 e. The van der Waals surface area contributed by atoms with Crippen molar-refractivity contribution in [3.8, 4) is 22.8 Å². The smallest absolute Gasteiger partial charge is 0.354 e. The van der Waals surface area contributed by atoms with Gasteiger partial charge in [0.15, 0.2) is 0 Å². The highest BCUT2D eigenvalue weighted by molar-refractivity contribution is 7.99. The summed E-state index contributed by atoms with van der Waals surface area (Å²) >= 11 is 2.81. The van der Waals surface area contributed by atoms with E-state index in [9.17, 15) is 9.90 Å². The number of aryl methyl sites for hydroxylation is 1. The van der Waals surface area contributed by atoms with E-state index in [4.69, 9.17) is 9.15 Å². The van der Waals surface area contributed by atoms with Crippen LogP contribution in [0.1, 0.15) is 36.0 Å².